The van der Waals surface area contributed by atoms with Crippen molar-refractivity contribution < 1.29 is 13.9 Å². The highest BCUT2D eigenvalue weighted by Crippen LogP contribution is 2.28. The van der Waals surface area contributed by atoms with Gasteiger partial charge in [0.15, 0.2) is 0 Å². The van der Waals surface area contributed by atoms with Crippen LogP contribution in [0.4, 0.5) is 4.39 Å². The summed E-state index contributed by atoms with van der Waals surface area (Å²) >= 11 is 0. The number of hydrogen-bond donors (Lipinski definition) is 0. The van der Waals surface area contributed by atoms with Crippen LogP contribution in [0.2, 0.25) is 0 Å². The van der Waals surface area contributed by atoms with E-state index in [1.54, 1.807) is 0 Å². The lowest BCUT2D eigenvalue weighted by Gasteiger charge is -2.18. The number of nitrogens with zero attached hydrogens (tertiary/aromatic N) is 1. The van der Waals surface area contributed by atoms with Crippen LogP contribution in [0.1, 0.15) is 69.4 Å². The topological polar surface area (TPSA) is 29.5 Å². The van der Waals surface area contributed by atoms with Crippen LogP contribution in [-0.4, -0.2) is 36.7 Å². The molecule has 1 aliphatic rings. The fraction of sp³-hybridized carbons (Fsp3) is 0.682. The highest BCUT2D eigenvalue weighted by Gasteiger charge is 2.46. The van der Waals surface area contributed by atoms with Gasteiger partial charge >= 0.3 is 5.97 Å². The predicted octanol–water partition coefficient (Wildman–Crippen LogP) is 5.07. The van der Waals surface area contributed by atoms with Crippen LogP contribution < -0.4 is 0 Å². The Morgan fingerprint density at radius 1 is 1.08 bits per heavy atom. The first-order valence-corrected chi connectivity index (χ1v) is 10.1. The summed E-state index contributed by atoms with van der Waals surface area (Å²) in [5.41, 5.74) is 0.701. The van der Waals surface area contributed by atoms with E-state index in [9.17, 15) is 9.18 Å². The molecule has 0 aromatic heterocycles. The Balaban J connectivity index is 1.69. The lowest BCUT2D eigenvalue weighted by molar-refractivity contribution is -0.153. The van der Waals surface area contributed by atoms with Gasteiger partial charge in [-0.2, -0.15) is 0 Å². The van der Waals surface area contributed by atoms with E-state index in [1.807, 2.05) is 4.90 Å². The molecule has 3 nitrogen and oxygen atoms in total. The molecule has 0 spiro atoms. The minimum Gasteiger partial charge on any atom is -0.467 e. The lowest BCUT2D eigenvalue weighted by Crippen LogP contribution is -2.38. The Labute approximate surface area is 157 Å². The van der Waals surface area contributed by atoms with Crippen molar-refractivity contribution >= 4 is 5.97 Å². The predicted molar refractivity (Wildman–Crippen MR) is 104 cm³/mol. The van der Waals surface area contributed by atoms with Gasteiger partial charge < -0.3 is 4.74 Å². The van der Waals surface area contributed by atoms with Crippen molar-refractivity contribution in [1.82, 2.24) is 4.90 Å². The zero-order valence-electron chi connectivity index (χ0n) is 16.4. The maximum atomic E-state index is 14.5. The first-order valence-electron chi connectivity index (χ1n) is 10.1. The summed E-state index contributed by atoms with van der Waals surface area (Å²) in [6, 6.07) is 8.64. The third kappa shape index (κ3) is 6.39. The van der Waals surface area contributed by atoms with Crippen molar-refractivity contribution in [3.63, 3.8) is 0 Å². The minimum absolute atomic E-state index is 0.124. The lowest BCUT2D eigenvalue weighted by atomic mass is 10.0. The van der Waals surface area contributed by atoms with Crippen molar-refractivity contribution in [1.29, 1.82) is 0 Å². The monoisotopic (exact) mass is 363 g/mol. The molecule has 1 heterocycles. The molecule has 0 saturated carbocycles. The smallest absolute Gasteiger partial charge is 0.345 e. The number of benzene rings is 1. The molecule has 26 heavy (non-hydrogen) atoms. The van der Waals surface area contributed by atoms with Gasteiger partial charge in [0, 0.05) is 26.1 Å². The standard InChI is InChI=1S/C22H34FNO2/c1-3-4-5-6-7-8-9-10-19-11-13-20(14-12-19)17-24-16-15-22(23,18-24)21(25)26-2/h11-14H,3-10,15-18H2,1-2H3. The number of halogens is 1. The van der Waals surface area contributed by atoms with Crippen LogP contribution in [0.15, 0.2) is 24.3 Å². The first kappa shape index (κ1) is 20.9. The average molecular weight is 364 g/mol. The van der Waals surface area contributed by atoms with Gasteiger partial charge in [-0.1, -0.05) is 69.7 Å². The van der Waals surface area contributed by atoms with E-state index < -0.39 is 11.6 Å². The number of aryl methyl sites for hydroxylation is 1. The molecule has 0 N–H and O–H groups in total. The number of hydrogen-bond acceptors (Lipinski definition) is 3. The Kier molecular flexibility index (Phi) is 8.56. The van der Waals surface area contributed by atoms with Gasteiger partial charge in [-0.25, -0.2) is 9.18 Å². The number of ether oxygens (including phenoxy) is 1. The molecule has 1 saturated heterocycles. The summed E-state index contributed by atoms with van der Waals surface area (Å²) in [5, 5.41) is 0. The zero-order valence-corrected chi connectivity index (χ0v) is 16.4. The molecule has 1 unspecified atom stereocenters. The van der Waals surface area contributed by atoms with Crippen LogP contribution in [0.3, 0.4) is 0 Å². The second kappa shape index (κ2) is 10.7. The number of carbonyl (C=O) groups excluding carboxylic acids is 1. The summed E-state index contributed by atoms with van der Waals surface area (Å²) in [4.78, 5) is 13.5. The zero-order chi connectivity index (χ0) is 18.8. The Bertz CT molecular complexity index is 546. The van der Waals surface area contributed by atoms with Gasteiger partial charge in [-0.15, -0.1) is 0 Å². The Morgan fingerprint density at radius 2 is 1.69 bits per heavy atom. The number of alkyl halides is 1. The summed E-state index contributed by atoms with van der Waals surface area (Å²) in [6.45, 7) is 3.64. The number of esters is 1. The van der Waals surface area contributed by atoms with E-state index in [2.05, 4.69) is 35.9 Å². The normalized spacial score (nSPS) is 20.4. The number of rotatable bonds is 11. The van der Waals surface area contributed by atoms with Gasteiger partial charge in [-0.3, -0.25) is 4.90 Å². The molecule has 1 fully saturated rings. The summed E-state index contributed by atoms with van der Waals surface area (Å²) in [5.74, 6) is -0.745. The molecule has 0 bridgehead atoms. The molecule has 1 aromatic carbocycles. The molecule has 0 radical (unpaired) electrons. The maximum Gasteiger partial charge on any atom is 0.345 e. The van der Waals surface area contributed by atoms with Crippen molar-refractivity contribution in [2.75, 3.05) is 20.2 Å². The quantitative estimate of drug-likeness (QED) is 0.406. The SMILES string of the molecule is CCCCCCCCCc1ccc(CN2CCC(F)(C(=O)OC)C2)cc1. The molecular weight excluding hydrogens is 329 g/mol. The van der Waals surface area contributed by atoms with Gasteiger partial charge in [0.25, 0.3) is 0 Å². The third-order valence-corrected chi connectivity index (χ3v) is 5.35. The summed E-state index contributed by atoms with van der Waals surface area (Å²) < 4.78 is 19.1. The highest BCUT2D eigenvalue weighted by atomic mass is 19.1. The van der Waals surface area contributed by atoms with E-state index in [1.165, 1.54) is 63.2 Å². The molecule has 146 valence electrons. The molecular formula is C22H34FNO2. The second-order valence-corrected chi connectivity index (χ2v) is 7.61. The van der Waals surface area contributed by atoms with Crippen LogP contribution in [0.25, 0.3) is 0 Å². The third-order valence-electron chi connectivity index (χ3n) is 5.35. The molecule has 1 aromatic rings. The van der Waals surface area contributed by atoms with Crippen molar-refractivity contribution in [3.8, 4) is 0 Å². The molecule has 1 aliphatic heterocycles. The van der Waals surface area contributed by atoms with Crippen molar-refractivity contribution in [3.05, 3.63) is 35.4 Å². The Hall–Kier alpha value is -1.42. The van der Waals surface area contributed by atoms with E-state index in [4.69, 9.17) is 0 Å². The fourth-order valence-corrected chi connectivity index (χ4v) is 3.69. The van der Waals surface area contributed by atoms with E-state index in [0.717, 1.165) is 6.42 Å². The Morgan fingerprint density at radius 3 is 2.35 bits per heavy atom. The first-order chi connectivity index (χ1) is 12.6. The molecule has 2 rings (SSSR count). The van der Waals surface area contributed by atoms with Crippen LogP contribution in [0.5, 0.6) is 0 Å². The van der Waals surface area contributed by atoms with Gasteiger partial charge in [0.1, 0.15) is 0 Å². The fourth-order valence-electron chi connectivity index (χ4n) is 3.69. The summed E-state index contributed by atoms with van der Waals surface area (Å²) in [7, 11) is 1.25. The number of carbonyl (C=O) groups is 1. The molecule has 4 heteroatoms. The second-order valence-electron chi connectivity index (χ2n) is 7.61. The van der Waals surface area contributed by atoms with Crippen LogP contribution in [-0.2, 0) is 22.5 Å². The van der Waals surface area contributed by atoms with Gasteiger partial charge in [0.2, 0.25) is 5.67 Å². The van der Waals surface area contributed by atoms with E-state index >= 15 is 0 Å². The van der Waals surface area contributed by atoms with Crippen molar-refractivity contribution in [2.24, 2.45) is 0 Å². The average Bonchev–Trinajstić information content (AvgIpc) is 3.03. The van der Waals surface area contributed by atoms with Crippen LogP contribution in [0, 0.1) is 0 Å². The largest absolute Gasteiger partial charge is 0.467 e. The summed E-state index contributed by atoms with van der Waals surface area (Å²) in [6.07, 6.45) is 10.7. The van der Waals surface area contributed by atoms with Crippen molar-refractivity contribution in [2.45, 2.75) is 76.9 Å². The molecule has 0 amide bonds. The molecule has 1 atom stereocenters. The number of likely N-dealkylation sites (tertiary alicyclic amines) is 1. The van der Waals surface area contributed by atoms with Gasteiger partial charge in [-0.05, 0) is 24.0 Å². The number of methoxy groups -OCH3 is 1. The minimum atomic E-state index is -1.84. The number of unbranched alkanes of at least 4 members (excludes halogenated alkanes) is 6. The van der Waals surface area contributed by atoms with E-state index in [-0.39, 0.29) is 13.0 Å². The van der Waals surface area contributed by atoms with E-state index in [0.29, 0.717) is 13.1 Å². The maximum absolute atomic E-state index is 14.5. The van der Waals surface area contributed by atoms with Gasteiger partial charge in [0.05, 0.1) is 7.11 Å². The highest BCUT2D eigenvalue weighted by molar-refractivity contribution is 5.80. The van der Waals surface area contributed by atoms with Crippen LogP contribution >= 0.6 is 0 Å². The molecule has 0 aliphatic carbocycles.